The van der Waals surface area contributed by atoms with Crippen molar-refractivity contribution in [3.05, 3.63) is 29.8 Å². The molecule has 0 aliphatic carbocycles. The first-order valence-corrected chi connectivity index (χ1v) is 6.14. The van der Waals surface area contributed by atoms with E-state index < -0.39 is 0 Å². The van der Waals surface area contributed by atoms with Crippen molar-refractivity contribution in [1.82, 2.24) is 10.2 Å². The van der Waals surface area contributed by atoms with E-state index in [2.05, 4.69) is 5.32 Å². The molecule has 2 amide bonds. The predicted molar refractivity (Wildman–Crippen MR) is 69.4 cm³/mol. The molecule has 0 unspecified atom stereocenters. The molecular weight excluding hydrogens is 246 g/mol. The van der Waals surface area contributed by atoms with Gasteiger partial charge in [0.25, 0.3) is 0 Å². The Bertz CT molecular complexity index is 460. The highest BCUT2D eigenvalue weighted by molar-refractivity contribution is 5.99. The average molecular weight is 263 g/mol. The quantitative estimate of drug-likeness (QED) is 0.698. The molecule has 0 aromatic heterocycles. The van der Waals surface area contributed by atoms with Crippen molar-refractivity contribution in [2.45, 2.75) is 6.54 Å². The summed E-state index contributed by atoms with van der Waals surface area (Å²) in [7, 11) is 0. The van der Waals surface area contributed by atoms with Gasteiger partial charge < -0.3 is 10.5 Å². The Labute approximate surface area is 111 Å². The van der Waals surface area contributed by atoms with Gasteiger partial charge in [0.05, 0.1) is 13.1 Å². The van der Waals surface area contributed by atoms with Crippen LogP contribution in [0.25, 0.3) is 0 Å². The average Bonchev–Trinajstić information content (AvgIpc) is 2.38. The van der Waals surface area contributed by atoms with Gasteiger partial charge in [0.15, 0.2) is 0 Å². The monoisotopic (exact) mass is 263 g/mol. The maximum Gasteiger partial charge on any atom is 0.240 e. The molecule has 1 aliphatic heterocycles. The molecule has 1 aromatic rings. The normalized spacial score (nSPS) is 16.3. The maximum atomic E-state index is 11.2. The number of nitrogens with one attached hydrogen (secondary N) is 1. The highest BCUT2D eigenvalue weighted by Crippen LogP contribution is 2.12. The minimum Gasteiger partial charge on any atom is -0.492 e. The van der Waals surface area contributed by atoms with E-state index in [0.717, 1.165) is 11.3 Å². The van der Waals surface area contributed by atoms with Crippen LogP contribution in [0.2, 0.25) is 0 Å². The Morgan fingerprint density at radius 2 is 2.00 bits per heavy atom. The smallest absolute Gasteiger partial charge is 0.240 e. The third kappa shape index (κ3) is 4.04. The molecule has 102 valence electrons. The summed E-state index contributed by atoms with van der Waals surface area (Å²) < 4.78 is 5.58. The lowest BCUT2D eigenvalue weighted by Crippen LogP contribution is -2.52. The summed E-state index contributed by atoms with van der Waals surface area (Å²) in [6.07, 6.45) is 0. The van der Waals surface area contributed by atoms with E-state index in [1.165, 1.54) is 0 Å². The minimum absolute atomic E-state index is 0.234. The lowest BCUT2D eigenvalue weighted by Gasteiger charge is -2.24. The summed E-state index contributed by atoms with van der Waals surface area (Å²) in [5, 5.41) is 2.26. The SMILES string of the molecule is NCc1cccc(OCCN2CC(=O)NC(=O)C2)c1. The lowest BCUT2D eigenvalue weighted by molar-refractivity contribution is -0.136. The second kappa shape index (κ2) is 6.31. The second-order valence-electron chi connectivity index (χ2n) is 4.38. The van der Waals surface area contributed by atoms with Gasteiger partial charge in [-0.05, 0) is 17.7 Å². The second-order valence-corrected chi connectivity index (χ2v) is 4.38. The van der Waals surface area contributed by atoms with Crippen LogP contribution in [-0.4, -0.2) is 43.0 Å². The standard InChI is InChI=1S/C13H17N3O3/c14-7-10-2-1-3-11(6-10)19-5-4-16-8-12(17)15-13(18)9-16/h1-3,6H,4-5,7-9,14H2,(H,15,17,18). The maximum absolute atomic E-state index is 11.2. The van der Waals surface area contributed by atoms with E-state index in [1.807, 2.05) is 24.3 Å². The van der Waals surface area contributed by atoms with Crippen LogP contribution in [0, 0.1) is 0 Å². The van der Waals surface area contributed by atoms with Crippen LogP contribution in [0.15, 0.2) is 24.3 Å². The molecule has 3 N–H and O–H groups in total. The summed E-state index contributed by atoms with van der Waals surface area (Å²) in [5.74, 6) is 0.221. The van der Waals surface area contributed by atoms with Gasteiger partial charge in [-0.2, -0.15) is 0 Å². The number of ether oxygens (including phenoxy) is 1. The van der Waals surface area contributed by atoms with Gasteiger partial charge in [0.2, 0.25) is 11.8 Å². The van der Waals surface area contributed by atoms with Gasteiger partial charge >= 0.3 is 0 Å². The number of carbonyl (C=O) groups is 2. The van der Waals surface area contributed by atoms with Crippen LogP contribution in [-0.2, 0) is 16.1 Å². The molecule has 19 heavy (non-hydrogen) atoms. The Morgan fingerprint density at radius 1 is 1.26 bits per heavy atom. The van der Waals surface area contributed by atoms with Gasteiger partial charge in [0.1, 0.15) is 12.4 Å². The zero-order valence-electron chi connectivity index (χ0n) is 10.6. The van der Waals surface area contributed by atoms with Crippen LogP contribution in [0.5, 0.6) is 5.75 Å². The molecule has 1 aliphatic rings. The summed E-state index contributed by atoms with van der Waals surface area (Å²) >= 11 is 0. The zero-order valence-corrected chi connectivity index (χ0v) is 10.6. The Balaban J connectivity index is 1.79. The molecule has 6 heteroatoms. The number of benzene rings is 1. The van der Waals surface area contributed by atoms with E-state index in [-0.39, 0.29) is 24.9 Å². The van der Waals surface area contributed by atoms with E-state index >= 15 is 0 Å². The van der Waals surface area contributed by atoms with Crippen LogP contribution in [0.1, 0.15) is 5.56 Å². The molecule has 1 saturated heterocycles. The van der Waals surface area contributed by atoms with E-state index in [9.17, 15) is 9.59 Å². The predicted octanol–water partition coefficient (Wildman–Crippen LogP) is -0.517. The molecule has 1 fully saturated rings. The number of carbonyl (C=O) groups excluding carboxylic acids is 2. The summed E-state index contributed by atoms with van der Waals surface area (Å²) in [5.41, 5.74) is 6.55. The van der Waals surface area contributed by atoms with Crippen molar-refractivity contribution in [2.75, 3.05) is 26.2 Å². The van der Waals surface area contributed by atoms with Crippen LogP contribution < -0.4 is 15.8 Å². The van der Waals surface area contributed by atoms with Crippen molar-refractivity contribution in [3.63, 3.8) is 0 Å². The summed E-state index contributed by atoms with van der Waals surface area (Å²) in [4.78, 5) is 24.1. The molecule has 0 atom stereocenters. The van der Waals surface area contributed by atoms with Crippen molar-refractivity contribution in [3.8, 4) is 5.75 Å². The Morgan fingerprint density at radius 3 is 2.68 bits per heavy atom. The molecular formula is C13H17N3O3. The van der Waals surface area contributed by atoms with Crippen LogP contribution >= 0.6 is 0 Å². The number of hydrogen-bond acceptors (Lipinski definition) is 5. The van der Waals surface area contributed by atoms with Crippen molar-refractivity contribution < 1.29 is 14.3 Å². The molecule has 0 bridgehead atoms. The summed E-state index contributed by atoms with van der Waals surface area (Å²) in [6, 6.07) is 7.55. The molecule has 2 rings (SSSR count). The molecule has 1 aromatic carbocycles. The highest BCUT2D eigenvalue weighted by atomic mass is 16.5. The minimum atomic E-state index is -0.263. The van der Waals surface area contributed by atoms with E-state index in [1.54, 1.807) is 4.90 Å². The number of amides is 2. The third-order valence-corrected chi connectivity index (χ3v) is 2.82. The number of nitrogens with zero attached hydrogens (tertiary/aromatic N) is 1. The number of rotatable bonds is 5. The third-order valence-electron chi connectivity index (χ3n) is 2.82. The Hall–Kier alpha value is -1.92. The van der Waals surface area contributed by atoms with Crippen molar-refractivity contribution in [1.29, 1.82) is 0 Å². The largest absolute Gasteiger partial charge is 0.492 e. The van der Waals surface area contributed by atoms with E-state index in [0.29, 0.717) is 19.7 Å². The fourth-order valence-corrected chi connectivity index (χ4v) is 1.91. The van der Waals surface area contributed by atoms with Gasteiger partial charge in [-0.25, -0.2) is 0 Å². The Kier molecular flexibility index (Phi) is 4.48. The lowest BCUT2D eigenvalue weighted by atomic mass is 10.2. The topological polar surface area (TPSA) is 84.7 Å². The first kappa shape index (κ1) is 13.5. The fraction of sp³-hybridized carbons (Fsp3) is 0.385. The van der Waals surface area contributed by atoms with E-state index in [4.69, 9.17) is 10.5 Å². The first-order chi connectivity index (χ1) is 9.17. The van der Waals surface area contributed by atoms with Gasteiger partial charge in [0, 0.05) is 13.1 Å². The van der Waals surface area contributed by atoms with Crippen LogP contribution in [0.3, 0.4) is 0 Å². The summed E-state index contributed by atoms with van der Waals surface area (Å²) in [6.45, 7) is 1.90. The van der Waals surface area contributed by atoms with Gasteiger partial charge in [-0.15, -0.1) is 0 Å². The molecule has 0 radical (unpaired) electrons. The van der Waals surface area contributed by atoms with Crippen molar-refractivity contribution in [2.24, 2.45) is 5.73 Å². The number of imide groups is 1. The van der Waals surface area contributed by atoms with Gasteiger partial charge in [-0.3, -0.25) is 19.8 Å². The molecule has 0 saturated carbocycles. The molecule has 6 nitrogen and oxygen atoms in total. The zero-order chi connectivity index (χ0) is 13.7. The molecule has 1 heterocycles. The number of piperazine rings is 1. The highest BCUT2D eigenvalue weighted by Gasteiger charge is 2.21. The molecule has 0 spiro atoms. The van der Waals surface area contributed by atoms with Crippen molar-refractivity contribution >= 4 is 11.8 Å². The van der Waals surface area contributed by atoms with Gasteiger partial charge in [-0.1, -0.05) is 12.1 Å². The fourth-order valence-electron chi connectivity index (χ4n) is 1.91. The van der Waals surface area contributed by atoms with Crippen LogP contribution in [0.4, 0.5) is 0 Å². The number of hydrogen-bond donors (Lipinski definition) is 2. The first-order valence-electron chi connectivity index (χ1n) is 6.14. The number of nitrogens with two attached hydrogens (primary N) is 1.